The van der Waals surface area contributed by atoms with Gasteiger partial charge in [0, 0.05) is 38.2 Å². The number of nitrogens with one attached hydrogen (secondary N) is 3. The fourth-order valence-corrected chi connectivity index (χ4v) is 2.94. The Hall–Kier alpha value is -2.52. The van der Waals surface area contributed by atoms with E-state index < -0.39 is 10.0 Å². The van der Waals surface area contributed by atoms with E-state index >= 15 is 0 Å². The number of guanidine groups is 1. The van der Waals surface area contributed by atoms with Gasteiger partial charge < -0.3 is 10.6 Å². The summed E-state index contributed by atoms with van der Waals surface area (Å²) in [5.41, 5.74) is 0.858. The highest BCUT2D eigenvalue weighted by atomic mass is 32.2. The molecular weight excluding hydrogens is 340 g/mol. The highest BCUT2D eigenvalue weighted by Crippen LogP contribution is 2.04. The molecular formula is C16H22N6O2S. The number of hydrogen-bond donors (Lipinski definition) is 3. The molecule has 0 atom stereocenters. The number of pyridine rings is 2. The average molecular weight is 362 g/mol. The molecule has 0 amide bonds. The first-order valence-corrected chi connectivity index (χ1v) is 9.42. The molecule has 0 saturated carbocycles. The third kappa shape index (κ3) is 6.48. The zero-order valence-electron chi connectivity index (χ0n) is 14.0. The summed E-state index contributed by atoms with van der Waals surface area (Å²) in [5, 5.41) is 6.19. The van der Waals surface area contributed by atoms with Crippen molar-refractivity contribution < 1.29 is 8.42 Å². The molecule has 0 bridgehead atoms. The fourth-order valence-electron chi connectivity index (χ4n) is 1.95. The third-order valence-corrected chi connectivity index (χ3v) is 4.57. The van der Waals surface area contributed by atoms with Crippen LogP contribution in [0.25, 0.3) is 0 Å². The highest BCUT2D eigenvalue weighted by molar-refractivity contribution is 7.89. The maximum Gasteiger partial charge on any atom is 0.242 e. The van der Waals surface area contributed by atoms with Crippen molar-refractivity contribution in [3.63, 3.8) is 0 Å². The number of nitrogens with zero attached hydrogens (tertiary/aromatic N) is 3. The van der Waals surface area contributed by atoms with E-state index in [0.717, 1.165) is 5.69 Å². The van der Waals surface area contributed by atoms with Gasteiger partial charge in [-0.05, 0) is 31.2 Å². The Labute approximate surface area is 147 Å². The van der Waals surface area contributed by atoms with E-state index in [1.54, 1.807) is 12.3 Å². The molecule has 9 heteroatoms. The Balaban J connectivity index is 1.83. The maximum atomic E-state index is 12.1. The second-order valence-corrected chi connectivity index (χ2v) is 6.80. The Kier molecular flexibility index (Phi) is 7.30. The first-order valence-electron chi connectivity index (χ1n) is 7.93. The molecule has 0 aliphatic carbocycles. The van der Waals surface area contributed by atoms with Gasteiger partial charge in [-0.3, -0.25) is 9.97 Å². The molecule has 2 aromatic heterocycles. The number of rotatable bonds is 8. The van der Waals surface area contributed by atoms with E-state index in [1.165, 1.54) is 18.5 Å². The van der Waals surface area contributed by atoms with Crippen LogP contribution in [0, 0.1) is 0 Å². The minimum absolute atomic E-state index is 0.144. The van der Waals surface area contributed by atoms with Gasteiger partial charge in [0.25, 0.3) is 0 Å². The molecule has 0 spiro atoms. The summed E-state index contributed by atoms with van der Waals surface area (Å²) in [5.74, 6) is 0.605. The quantitative estimate of drug-likeness (QED) is 0.359. The fraction of sp³-hybridized carbons (Fsp3) is 0.312. The van der Waals surface area contributed by atoms with Crippen molar-refractivity contribution in [1.82, 2.24) is 25.3 Å². The van der Waals surface area contributed by atoms with Crippen LogP contribution in [0.5, 0.6) is 0 Å². The lowest BCUT2D eigenvalue weighted by Crippen LogP contribution is -2.41. The predicted octanol–water partition coefficient (Wildman–Crippen LogP) is 0.510. The van der Waals surface area contributed by atoms with E-state index in [0.29, 0.717) is 25.6 Å². The molecule has 0 aromatic carbocycles. The van der Waals surface area contributed by atoms with Gasteiger partial charge >= 0.3 is 0 Å². The first-order chi connectivity index (χ1) is 12.1. The monoisotopic (exact) mass is 362 g/mol. The van der Waals surface area contributed by atoms with Crippen molar-refractivity contribution in [2.24, 2.45) is 4.99 Å². The Morgan fingerprint density at radius 3 is 2.68 bits per heavy atom. The van der Waals surface area contributed by atoms with E-state index in [2.05, 4.69) is 30.3 Å². The molecule has 0 aliphatic heterocycles. The molecule has 0 saturated heterocycles. The zero-order chi connectivity index (χ0) is 18.0. The van der Waals surface area contributed by atoms with Crippen molar-refractivity contribution in [1.29, 1.82) is 0 Å². The number of aromatic nitrogens is 2. The lowest BCUT2D eigenvalue weighted by atomic mass is 10.3. The second-order valence-electron chi connectivity index (χ2n) is 5.03. The summed E-state index contributed by atoms with van der Waals surface area (Å²) in [4.78, 5) is 12.6. The molecule has 0 aliphatic rings. The second kappa shape index (κ2) is 9.70. The average Bonchev–Trinajstić information content (AvgIpc) is 2.64. The summed E-state index contributed by atoms with van der Waals surface area (Å²) in [6.45, 7) is 3.73. The van der Waals surface area contributed by atoms with E-state index in [9.17, 15) is 8.42 Å². The van der Waals surface area contributed by atoms with Gasteiger partial charge in [0.15, 0.2) is 5.96 Å². The zero-order valence-corrected chi connectivity index (χ0v) is 14.8. The standard InChI is InChI=1S/C16H22N6O2S/c1-2-18-16(21-12-14-6-3-4-9-19-14)20-10-11-22-25(23,24)15-7-5-8-17-13-15/h3-9,13,22H,2,10-12H2,1H3,(H2,18,20,21). The van der Waals surface area contributed by atoms with Crippen molar-refractivity contribution in [2.45, 2.75) is 18.4 Å². The smallest absolute Gasteiger partial charge is 0.242 e. The van der Waals surface area contributed by atoms with Crippen molar-refractivity contribution in [3.05, 3.63) is 54.6 Å². The van der Waals surface area contributed by atoms with Crippen LogP contribution in [0.3, 0.4) is 0 Å². The van der Waals surface area contributed by atoms with Crippen LogP contribution >= 0.6 is 0 Å². The summed E-state index contributed by atoms with van der Waals surface area (Å²) in [7, 11) is -3.55. The summed E-state index contributed by atoms with van der Waals surface area (Å²) >= 11 is 0. The Bertz CT molecular complexity index is 766. The van der Waals surface area contributed by atoms with Crippen molar-refractivity contribution in [2.75, 3.05) is 19.6 Å². The van der Waals surface area contributed by atoms with E-state index in [-0.39, 0.29) is 11.4 Å². The molecule has 3 N–H and O–H groups in total. The Morgan fingerprint density at radius 1 is 1.12 bits per heavy atom. The molecule has 0 fully saturated rings. The van der Waals surface area contributed by atoms with Crippen LogP contribution in [0.1, 0.15) is 12.6 Å². The van der Waals surface area contributed by atoms with Gasteiger partial charge in [0.2, 0.25) is 10.0 Å². The molecule has 0 unspecified atom stereocenters. The van der Waals surface area contributed by atoms with E-state index in [4.69, 9.17) is 0 Å². The van der Waals surface area contributed by atoms with Crippen LogP contribution in [0.15, 0.2) is 58.8 Å². The van der Waals surface area contributed by atoms with Crippen LogP contribution < -0.4 is 15.4 Å². The normalized spacial score (nSPS) is 12.0. The SMILES string of the molecule is CCNC(=NCc1ccccn1)NCCNS(=O)(=O)c1cccnc1. The largest absolute Gasteiger partial charge is 0.357 e. The van der Waals surface area contributed by atoms with Crippen molar-refractivity contribution >= 4 is 16.0 Å². The molecule has 0 radical (unpaired) electrons. The lowest BCUT2D eigenvalue weighted by molar-refractivity contribution is 0.580. The Morgan fingerprint density at radius 2 is 2.00 bits per heavy atom. The topological polar surface area (TPSA) is 108 Å². The van der Waals surface area contributed by atoms with Gasteiger partial charge in [-0.15, -0.1) is 0 Å². The minimum atomic E-state index is -3.55. The van der Waals surface area contributed by atoms with Crippen molar-refractivity contribution in [3.8, 4) is 0 Å². The summed E-state index contributed by atoms with van der Waals surface area (Å²) < 4.78 is 26.7. The van der Waals surface area contributed by atoms with Gasteiger partial charge in [-0.2, -0.15) is 0 Å². The molecule has 8 nitrogen and oxygen atoms in total. The molecule has 25 heavy (non-hydrogen) atoms. The summed E-state index contributed by atoms with van der Waals surface area (Å²) in [6.07, 6.45) is 4.56. The van der Waals surface area contributed by atoms with Gasteiger partial charge in [0.1, 0.15) is 4.90 Å². The maximum absolute atomic E-state index is 12.1. The first kappa shape index (κ1) is 18.8. The predicted molar refractivity (Wildman–Crippen MR) is 96.5 cm³/mol. The lowest BCUT2D eigenvalue weighted by Gasteiger charge is -2.12. The third-order valence-electron chi connectivity index (χ3n) is 3.12. The number of aliphatic imine (C=N–C) groups is 1. The molecule has 2 aromatic rings. The summed E-state index contributed by atoms with van der Waals surface area (Å²) in [6, 6.07) is 8.74. The number of hydrogen-bond acceptors (Lipinski definition) is 5. The minimum Gasteiger partial charge on any atom is -0.357 e. The van der Waals surface area contributed by atoms with E-state index in [1.807, 2.05) is 25.1 Å². The molecule has 2 heterocycles. The van der Waals surface area contributed by atoms with Crippen LogP contribution in [-0.2, 0) is 16.6 Å². The number of sulfonamides is 1. The molecule has 2 rings (SSSR count). The van der Waals surface area contributed by atoms with Gasteiger partial charge in [-0.25, -0.2) is 18.1 Å². The van der Waals surface area contributed by atoms with Crippen LogP contribution in [0.4, 0.5) is 0 Å². The van der Waals surface area contributed by atoms with Crippen LogP contribution in [0.2, 0.25) is 0 Å². The van der Waals surface area contributed by atoms with Gasteiger partial charge in [0.05, 0.1) is 12.2 Å². The highest BCUT2D eigenvalue weighted by Gasteiger charge is 2.12. The van der Waals surface area contributed by atoms with Crippen LogP contribution in [-0.4, -0.2) is 44.0 Å². The molecule has 134 valence electrons. The van der Waals surface area contributed by atoms with Gasteiger partial charge in [-0.1, -0.05) is 6.07 Å².